The highest BCUT2D eigenvalue weighted by molar-refractivity contribution is 5.98. The maximum atomic E-state index is 13.3. The van der Waals surface area contributed by atoms with Crippen LogP contribution in [0.4, 0.5) is 0 Å². The molecule has 2 saturated heterocycles. The molecule has 2 aliphatic heterocycles. The maximum absolute atomic E-state index is 13.3. The highest BCUT2D eigenvalue weighted by Gasteiger charge is 2.35. The van der Waals surface area contributed by atoms with Gasteiger partial charge < -0.3 is 14.5 Å². The molecule has 0 saturated carbocycles. The van der Waals surface area contributed by atoms with Crippen LogP contribution in [0.1, 0.15) is 10.4 Å². The zero-order chi connectivity index (χ0) is 16.5. The molecule has 7 heteroatoms. The molecule has 24 heavy (non-hydrogen) atoms. The van der Waals surface area contributed by atoms with E-state index in [0.717, 1.165) is 31.9 Å². The molecule has 0 radical (unpaired) electrons. The number of rotatable bonds is 2. The molecule has 1 aromatic carbocycles. The maximum Gasteiger partial charge on any atom is 0.256 e. The highest BCUT2D eigenvalue weighted by atomic mass is 16.5. The molecule has 3 heterocycles. The van der Waals surface area contributed by atoms with E-state index >= 15 is 0 Å². The summed E-state index contributed by atoms with van der Waals surface area (Å²) in [5.41, 5.74) is 1.41. The van der Waals surface area contributed by atoms with Crippen LogP contribution >= 0.6 is 0 Å². The van der Waals surface area contributed by atoms with Gasteiger partial charge in [0.1, 0.15) is 12.7 Å². The van der Waals surface area contributed by atoms with Gasteiger partial charge >= 0.3 is 0 Å². The third-order valence-electron chi connectivity index (χ3n) is 4.71. The second-order valence-corrected chi connectivity index (χ2v) is 6.59. The zero-order valence-corrected chi connectivity index (χ0v) is 13.7. The zero-order valence-electron chi connectivity index (χ0n) is 13.7. The second kappa shape index (κ2) is 6.33. The van der Waals surface area contributed by atoms with Gasteiger partial charge in [0.25, 0.3) is 5.91 Å². The Hall–Kier alpha value is -2.25. The van der Waals surface area contributed by atoms with Crippen molar-refractivity contribution in [3.05, 3.63) is 42.5 Å². The number of fused-ring (bicyclic) bond motifs is 3. The smallest absolute Gasteiger partial charge is 0.256 e. The Morgan fingerprint density at radius 2 is 2.08 bits per heavy atom. The number of hydrogen-bond acceptors (Lipinski definition) is 5. The van der Waals surface area contributed by atoms with Crippen molar-refractivity contribution in [2.24, 2.45) is 5.92 Å². The topological polar surface area (TPSA) is 63.5 Å². The van der Waals surface area contributed by atoms with Crippen LogP contribution < -0.4 is 0 Å². The normalized spacial score (nSPS) is 24.6. The first kappa shape index (κ1) is 15.3. The monoisotopic (exact) mass is 327 g/mol. The molecule has 2 fully saturated rings. The molecule has 1 amide bonds. The lowest BCUT2D eigenvalue weighted by Crippen LogP contribution is -2.46. The van der Waals surface area contributed by atoms with Crippen LogP contribution in [0.5, 0.6) is 0 Å². The first-order chi connectivity index (χ1) is 11.7. The Labute approximate surface area is 140 Å². The van der Waals surface area contributed by atoms with Gasteiger partial charge in [0, 0.05) is 25.6 Å². The molecule has 0 aliphatic carbocycles. The van der Waals surface area contributed by atoms with E-state index < -0.39 is 0 Å². The standard InChI is InChI=1S/C17H21N5O2/c1-20-6-13-7-21(14(8-20)10-24-9-13)17(23)15-4-2-3-5-16(15)22-12-18-11-19-22/h2-5,11-14H,6-10H2,1H3/t13-,14-/m0/s1. The van der Waals surface area contributed by atoms with Gasteiger partial charge in [-0.15, -0.1) is 0 Å². The summed E-state index contributed by atoms with van der Waals surface area (Å²) in [5, 5.41) is 4.17. The summed E-state index contributed by atoms with van der Waals surface area (Å²) in [6.07, 6.45) is 3.09. The molecule has 2 bridgehead atoms. The Morgan fingerprint density at radius 3 is 2.92 bits per heavy atom. The molecule has 0 unspecified atom stereocenters. The fourth-order valence-electron chi connectivity index (χ4n) is 3.67. The predicted molar refractivity (Wildman–Crippen MR) is 88.0 cm³/mol. The summed E-state index contributed by atoms with van der Waals surface area (Å²) >= 11 is 0. The molecule has 4 rings (SSSR count). The average molecular weight is 327 g/mol. The summed E-state index contributed by atoms with van der Waals surface area (Å²) in [6, 6.07) is 7.64. The van der Waals surface area contributed by atoms with E-state index in [4.69, 9.17) is 4.74 Å². The third-order valence-corrected chi connectivity index (χ3v) is 4.71. The Kier molecular flexibility index (Phi) is 4.03. The van der Waals surface area contributed by atoms with Crippen LogP contribution in [0, 0.1) is 5.92 Å². The number of para-hydroxylation sites is 1. The predicted octanol–water partition coefficient (Wildman–Crippen LogP) is 0.670. The van der Waals surface area contributed by atoms with Crippen LogP contribution in [0.15, 0.2) is 36.9 Å². The fraction of sp³-hybridized carbons (Fsp3) is 0.471. The summed E-state index contributed by atoms with van der Waals surface area (Å²) in [6.45, 7) is 3.85. The van der Waals surface area contributed by atoms with Crippen molar-refractivity contribution in [3.63, 3.8) is 0 Å². The van der Waals surface area contributed by atoms with Crippen molar-refractivity contribution < 1.29 is 9.53 Å². The van der Waals surface area contributed by atoms with Crippen LogP contribution in [0.2, 0.25) is 0 Å². The molecule has 7 nitrogen and oxygen atoms in total. The van der Waals surface area contributed by atoms with E-state index in [1.165, 1.54) is 6.33 Å². The lowest BCUT2D eigenvalue weighted by Gasteiger charge is -2.30. The van der Waals surface area contributed by atoms with Gasteiger partial charge in [-0.2, -0.15) is 5.10 Å². The molecule has 2 aromatic rings. The van der Waals surface area contributed by atoms with E-state index in [-0.39, 0.29) is 11.9 Å². The van der Waals surface area contributed by atoms with Gasteiger partial charge in [-0.05, 0) is 19.2 Å². The number of carbonyl (C=O) groups excluding carboxylic acids is 1. The number of hydrogen-bond donors (Lipinski definition) is 0. The number of aromatic nitrogens is 3. The molecule has 0 spiro atoms. The first-order valence-corrected chi connectivity index (χ1v) is 8.23. The lowest BCUT2D eigenvalue weighted by atomic mass is 10.1. The van der Waals surface area contributed by atoms with Crippen molar-refractivity contribution >= 4 is 5.91 Å². The Morgan fingerprint density at radius 1 is 1.21 bits per heavy atom. The Balaban J connectivity index is 1.69. The summed E-state index contributed by atoms with van der Waals surface area (Å²) in [7, 11) is 2.11. The molecule has 2 aliphatic rings. The number of benzene rings is 1. The minimum atomic E-state index is 0.0388. The molecule has 126 valence electrons. The second-order valence-electron chi connectivity index (χ2n) is 6.59. The summed E-state index contributed by atoms with van der Waals surface area (Å²) in [5.74, 6) is 0.391. The van der Waals surface area contributed by atoms with E-state index in [1.807, 2.05) is 29.2 Å². The van der Waals surface area contributed by atoms with Crippen molar-refractivity contribution in [1.29, 1.82) is 0 Å². The van der Waals surface area contributed by atoms with E-state index in [2.05, 4.69) is 22.0 Å². The largest absolute Gasteiger partial charge is 0.379 e. The van der Waals surface area contributed by atoms with E-state index in [9.17, 15) is 4.79 Å². The first-order valence-electron chi connectivity index (χ1n) is 8.23. The van der Waals surface area contributed by atoms with Crippen molar-refractivity contribution in [2.75, 3.05) is 39.9 Å². The van der Waals surface area contributed by atoms with Crippen molar-refractivity contribution in [1.82, 2.24) is 24.6 Å². The molecular weight excluding hydrogens is 306 g/mol. The van der Waals surface area contributed by atoms with Crippen LogP contribution in [-0.2, 0) is 4.74 Å². The number of nitrogens with zero attached hydrogens (tertiary/aromatic N) is 5. The molecule has 2 atom stereocenters. The van der Waals surface area contributed by atoms with Gasteiger partial charge in [0.05, 0.1) is 30.5 Å². The molecule has 0 N–H and O–H groups in total. The van der Waals surface area contributed by atoms with E-state index in [1.54, 1.807) is 11.0 Å². The quantitative estimate of drug-likeness (QED) is 0.811. The Bertz CT molecular complexity index is 718. The third kappa shape index (κ3) is 2.81. The van der Waals surface area contributed by atoms with Crippen molar-refractivity contribution in [2.45, 2.75) is 6.04 Å². The van der Waals surface area contributed by atoms with Gasteiger partial charge in [-0.3, -0.25) is 4.79 Å². The van der Waals surface area contributed by atoms with Gasteiger partial charge in [-0.1, -0.05) is 12.1 Å². The van der Waals surface area contributed by atoms with Crippen LogP contribution in [0.3, 0.4) is 0 Å². The van der Waals surface area contributed by atoms with Gasteiger partial charge in [0.15, 0.2) is 0 Å². The van der Waals surface area contributed by atoms with Gasteiger partial charge in [0.2, 0.25) is 0 Å². The van der Waals surface area contributed by atoms with Gasteiger partial charge in [-0.25, -0.2) is 9.67 Å². The number of amides is 1. The molecule has 1 aromatic heterocycles. The molecular formula is C17H21N5O2. The highest BCUT2D eigenvalue weighted by Crippen LogP contribution is 2.23. The number of likely N-dealkylation sites (N-methyl/N-ethyl adjacent to an activating group) is 1. The minimum Gasteiger partial charge on any atom is -0.379 e. The van der Waals surface area contributed by atoms with E-state index in [0.29, 0.717) is 18.1 Å². The average Bonchev–Trinajstić information content (AvgIpc) is 2.98. The van der Waals surface area contributed by atoms with Crippen molar-refractivity contribution in [3.8, 4) is 5.69 Å². The van der Waals surface area contributed by atoms with Crippen LogP contribution in [0.25, 0.3) is 5.69 Å². The van der Waals surface area contributed by atoms with Crippen LogP contribution in [-0.4, -0.2) is 76.4 Å². The fourth-order valence-corrected chi connectivity index (χ4v) is 3.67. The lowest BCUT2D eigenvalue weighted by molar-refractivity contribution is 0.0483. The minimum absolute atomic E-state index is 0.0388. The summed E-state index contributed by atoms with van der Waals surface area (Å²) < 4.78 is 7.42. The number of carbonyl (C=O) groups is 1. The summed E-state index contributed by atoms with van der Waals surface area (Å²) in [4.78, 5) is 21.6. The number of ether oxygens (including phenoxy) is 1. The SMILES string of the molecule is CN1C[C@@H]2COC[C@H](C1)N(C(=O)c1ccccc1-n1cncn1)C2.